The molecule has 1 heterocycles. The molecule has 0 amide bonds. The fourth-order valence-corrected chi connectivity index (χ4v) is 3.24. The number of fused-ring (bicyclic) bond motifs is 1. The van der Waals surface area contributed by atoms with Crippen molar-refractivity contribution in [2.45, 2.75) is 6.42 Å². The lowest BCUT2D eigenvalue weighted by Crippen LogP contribution is -2.01. The van der Waals surface area contributed by atoms with Gasteiger partial charge in [-0.1, -0.05) is 41.9 Å². The number of rotatable bonds is 5. The highest BCUT2D eigenvalue weighted by Crippen LogP contribution is 2.34. The standard InChI is InChI=1S/C22H16ClNO3/c23-15-8-6-14(7-9-15)22-19(13-21(25)26)18-12-17(10-11-20(18)24-22)27-16-4-2-1-3-5-16/h1-12,24H,13H2,(H,25,26). The summed E-state index contributed by atoms with van der Waals surface area (Å²) in [6, 6.07) is 22.4. The Morgan fingerprint density at radius 1 is 0.963 bits per heavy atom. The number of ether oxygens (including phenoxy) is 1. The largest absolute Gasteiger partial charge is 0.481 e. The van der Waals surface area contributed by atoms with Crippen molar-refractivity contribution in [2.75, 3.05) is 0 Å². The number of benzene rings is 3. The molecule has 4 nitrogen and oxygen atoms in total. The van der Waals surface area contributed by atoms with Crippen LogP contribution in [0.15, 0.2) is 72.8 Å². The van der Waals surface area contributed by atoms with Crippen LogP contribution in [0.3, 0.4) is 0 Å². The third-order valence-corrected chi connectivity index (χ3v) is 4.57. The number of hydrogen-bond acceptors (Lipinski definition) is 2. The first kappa shape index (κ1) is 17.2. The summed E-state index contributed by atoms with van der Waals surface area (Å²) in [7, 11) is 0. The van der Waals surface area contributed by atoms with Gasteiger partial charge >= 0.3 is 5.97 Å². The number of halogens is 1. The van der Waals surface area contributed by atoms with Gasteiger partial charge < -0.3 is 14.8 Å². The minimum atomic E-state index is -0.888. The van der Waals surface area contributed by atoms with Gasteiger partial charge in [0.1, 0.15) is 11.5 Å². The van der Waals surface area contributed by atoms with Gasteiger partial charge in [-0.2, -0.15) is 0 Å². The summed E-state index contributed by atoms with van der Waals surface area (Å²) in [4.78, 5) is 14.8. The molecule has 0 saturated heterocycles. The topological polar surface area (TPSA) is 62.3 Å². The van der Waals surface area contributed by atoms with E-state index >= 15 is 0 Å². The lowest BCUT2D eigenvalue weighted by Gasteiger charge is -2.06. The highest BCUT2D eigenvalue weighted by Gasteiger charge is 2.17. The maximum absolute atomic E-state index is 11.5. The normalized spacial score (nSPS) is 10.9. The Bertz CT molecular complexity index is 1100. The van der Waals surface area contributed by atoms with Gasteiger partial charge in [0.25, 0.3) is 0 Å². The fourth-order valence-electron chi connectivity index (χ4n) is 3.11. The van der Waals surface area contributed by atoms with Crippen molar-refractivity contribution in [1.82, 2.24) is 4.98 Å². The van der Waals surface area contributed by atoms with Crippen molar-refractivity contribution in [1.29, 1.82) is 0 Å². The third-order valence-electron chi connectivity index (χ3n) is 4.32. The Labute approximate surface area is 161 Å². The molecule has 5 heteroatoms. The molecule has 0 unspecified atom stereocenters. The monoisotopic (exact) mass is 377 g/mol. The molecule has 0 saturated carbocycles. The Balaban J connectivity index is 1.81. The quantitative estimate of drug-likeness (QED) is 0.454. The van der Waals surface area contributed by atoms with Crippen LogP contribution in [0.25, 0.3) is 22.2 Å². The van der Waals surface area contributed by atoms with Gasteiger partial charge in [-0.15, -0.1) is 0 Å². The minimum absolute atomic E-state index is 0.0905. The lowest BCUT2D eigenvalue weighted by atomic mass is 10.0. The van der Waals surface area contributed by atoms with Crippen LogP contribution in [0, 0.1) is 0 Å². The summed E-state index contributed by atoms with van der Waals surface area (Å²) in [5.74, 6) is 0.493. The van der Waals surface area contributed by atoms with E-state index in [1.165, 1.54) is 0 Å². The van der Waals surface area contributed by atoms with Crippen LogP contribution in [0.1, 0.15) is 5.56 Å². The van der Waals surface area contributed by atoms with E-state index in [0.29, 0.717) is 10.8 Å². The molecule has 2 N–H and O–H groups in total. The second-order valence-corrected chi connectivity index (χ2v) is 6.61. The molecule has 0 radical (unpaired) electrons. The zero-order chi connectivity index (χ0) is 18.8. The smallest absolute Gasteiger partial charge is 0.307 e. The highest BCUT2D eigenvalue weighted by molar-refractivity contribution is 6.30. The van der Waals surface area contributed by atoms with Crippen LogP contribution in [0.5, 0.6) is 11.5 Å². The number of hydrogen-bond donors (Lipinski definition) is 2. The van der Waals surface area contributed by atoms with Gasteiger partial charge in [0.2, 0.25) is 0 Å². The molecule has 0 aliphatic rings. The van der Waals surface area contributed by atoms with Gasteiger partial charge in [0.15, 0.2) is 0 Å². The average Bonchev–Trinajstić information content (AvgIpc) is 3.01. The Morgan fingerprint density at radius 3 is 2.41 bits per heavy atom. The molecular weight excluding hydrogens is 362 g/mol. The molecule has 3 aromatic carbocycles. The Hall–Kier alpha value is -3.24. The van der Waals surface area contributed by atoms with Crippen LogP contribution < -0.4 is 4.74 Å². The summed E-state index contributed by atoms with van der Waals surface area (Å²) < 4.78 is 5.90. The SMILES string of the molecule is O=C(O)Cc1c(-c2ccc(Cl)cc2)[nH]c2ccc(Oc3ccccc3)cc12. The van der Waals surface area contributed by atoms with E-state index in [0.717, 1.165) is 33.5 Å². The number of H-pyrrole nitrogens is 1. The molecule has 4 rings (SSSR count). The van der Waals surface area contributed by atoms with Crippen LogP contribution in [0.2, 0.25) is 5.02 Å². The van der Waals surface area contributed by atoms with E-state index in [-0.39, 0.29) is 6.42 Å². The molecule has 0 bridgehead atoms. The number of aromatic amines is 1. The van der Waals surface area contributed by atoms with E-state index in [4.69, 9.17) is 16.3 Å². The molecule has 4 aromatic rings. The summed E-state index contributed by atoms with van der Waals surface area (Å²) >= 11 is 5.98. The zero-order valence-corrected chi connectivity index (χ0v) is 15.0. The molecule has 0 aliphatic carbocycles. The number of aliphatic carboxylic acids is 1. The first-order chi connectivity index (χ1) is 13.1. The van der Waals surface area contributed by atoms with E-state index in [2.05, 4.69) is 4.98 Å². The molecule has 134 valence electrons. The van der Waals surface area contributed by atoms with Gasteiger partial charge in [-0.05, 0) is 53.6 Å². The summed E-state index contributed by atoms with van der Waals surface area (Å²) in [5.41, 5.74) is 3.24. The van der Waals surface area contributed by atoms with Crippen LogP contribution >= 0.6 is 11.6 Å². The van der Waals surface area contributed by atoms with Crippen LogP contribution in [0.4, 0.5) is 0 Å². The maximum Gasteiger partial charge on any atom is 0.307 e. The number of aromatic nitrogens is 1. The number of nitrogens with one attached hydrogen (secondary N) is 1. The predicted octanol–water partition coefficient (Wildman–Crippen LogP) is 5.91. The van der Waals surface area contributed by atoms with E-state index in [1.807, 2.05) is 60.7 Å². The molecule has 27 heavy (non-hydrogen) atoms. The van der Waals surface area contributed by atoms with E-state index in [1.54, 1.807) is 12.1 Å². The molecule has 0 aliphatic heterocycles. The second kappa shape index (κ2) is 7.17. The van der Waals surface area contributed by atoms with Crippen molar-refractivity contribution in [3.8, 4) is 22.8 Å². The van der Waals surface area contributed by atoms with Gasteiger partial charge in [-0.25, -0.2) is 0 Å². The van der Waals surface area contributed by atoms with Crippen molar-refractivity contribution in [3.05, 3.63) is 83.4 Å². The highest BCUT2D eigenvalue weighted by atomic mass is 35.5. The van der Waals surface area contributed by atoms with Gasteiger partial charge in [0.05, 0.1) is 12.1 Å². The maximum atomic E-state index is 11.5. The first-order valence-corrected chi connectivity index (χ1v) is 8.83. The molecule has 0 spiro atoms. The minimum Gasteiger partial charge on any atom is -0.481 e. The predicted molar refractivity (Wildman–Crippen MR) is 107 cm³/mol. The Morgan fingerprint density at radius 2 is 1.70 bits per heavy atom. The number of carboxylic acid groups (broad SMARTS) is 1. The molecule has 0 fully saturated rings. The third kappa shape index (κ3) is 3.66. The van der Waals surface area contributed by atoms with Crippen molar-refractivity contribution < 1.29 is 14.6 Å². The molecule has 1 aromatic heterocycles. The van der Waals surface area contributed by atoms with Crippen LogP contribution in [-0.4, -0.2) is 16.1 Å². The summed E-state index contributed by atoms with van der Waals surface area (Å²) in [5, 5.41) is 10.9. The lowest BCUT2D eigenvalue weighted by molar-refractivity contribution is -0.136. The first-order valence-electron chi connectivity index (χ1n) is 8.45. The summed E-state index contributed by atoms with van der Waals surface area (Å²) in [6.07, 6.45) is -0.0905. The second-order valence-electron chi connectivity index (χ2n) is 6.18. The summed E-state index contributed by atoms with van der Waals surface area (Å²) in [6.45, 7) is 0. The Kier molecular flexibility index (Phi) is 4.57. The fraction of sp³-hybridized carbons (Fsp3) is 0.0455. The molecule has 0 atom stereocenters. The van der Waals surface area contributed by atoms with Crippen molar-refractivity contribution in [3.63, 3.8) is 0 Å². The zero-order valence-electron chi connectivity index (χ0n) is 14.3. The molecular formula is C22H16ClNO3. The number of carboxylic acids is 1. The van der Waals surface area contributed by atoms with Crippen LogP contribution in [-0.2, 0) is 11.2 Å². The van der Waals surface area contributed by atoms with E-state index in [9.17, 15) is 9.90 Å². The van der Waals surface area contributed by atoms with Crippen molar-refractivity contribution in [2.24, 2.45) is 0 Å². The van der Waals surface area contributed by atoms with E-state index < -0.39 is 5.97 Å². The van der Waals surface area contributed by atoms with Crippen molar-refractivity contribution >= 4 is 28.5 Å². The van der Waals surface area contributed by atoms with Gasteiger partial charge in [0, 0.05) is 15.9 Å². The average molecular weight is 378 g/mol. The number of carbonyl (C=O) groups is 1. The number of para-hydroxylation sites is 1. The van der Waals surface area contributed by atoms with Gasteiger partial charge in [-0.3, -0.25) is 4.79 Å².